The maximum absolute atomic E-state index is 14.0. The van der Waals surface area contributed by atoms with Gasteiger partial charge in [0, 0.05) is 42.7 Å². The Morgan fingerprint density at radius 1 is 1.03 bits per heavy atom. The summed E-state index contributed by atoms with van der Waals surface area (Å²) in [6.07, 6.45) is 0. The van der Waals surface area contributed by atoms with Crippen LogP contribution in [-0.2, 0) is 0 Å². The molecule has 1 saturated heterocycles. The van der Waals surface area contributed by atoms with Crippen molar-refractivity contribution >= 4 is 17.2 Å². The van der Waals surface area contributed by atoms with Crippen LogP contribution in [0.4, 0.5) is 4.39 Å². The fraction of sp³-hybridized carbons (Fsp3) is 0.250. The summed E-state index contributed by atoms with van der Waals surface area (Å²) in [6.45, 7) is 4.52. The molecular formula is C24H22FN5O2S. The second kappa shape index (κ2) is 9.21. The maximum Gasteiger partial charge on any atom is 0.273 e. The third kappa shape index (κ3) is 4.42. The molecule has 0 bridgehead atoms. The van der Waals surface area contributed by atoms with Gasteiger partial charge in [-0.1, -0.05) is 47.6 Å². The highest BCUT2D eigenvalue weighted by Crippen LogP contribution is 2.27. The lowest BCUT2D eigenvalue weighted by atomic mass is 10.2. The maximum atomic E-state index is 14.0. The molecule has 2 aromatic heterocycles. The van der Waals surface area contributed by atoms with E-state index in [2.05, 4.69) is 20.0 Å². The highest BCUT2D eigenvalue weighted by atomic mass is 32.1. The third-order valence-electron chi connectivity index (χ3n) is 5.81. The van der Waals surface area contributed by atoms with Crippen LogP contribution in [0.25, 0.3) is 22.0 Å². The number of hydrogen-bond donors (Lipinski definition) is 0. The monoisotopic (exact) mass is 463 g/mol. The van der Waals surface area contributed by atoms with Gasteiger partial charge in [-0.05, 0) is 19.1 Å². The van der Waals surface area contributed by atoms with E-state index in [1.54, 1.807) is 28.5 Å². The highest BCUT2D eigenvalue weighted by Gasteiger charge is 2.29. The Morgan fingerprint density at radius 3 is 2.52 bits per heavy atom. The molecule has 7 nitrogen and oxygen atoms in total. The number of carbonyl (C=O) groups is 1. The number of aromatic nitrogens is 3. The van der Waals surface area contributed by atoms with E-state index >= 15 is 0 Å². The molecule has 1 atom stereocenters. The van der Waals surface area contributed by atoms with Gasteiger partial charge in [0.1, 0.15) is 16.5 Å². The lowest BCUT2D eigenvalue weighted by Gasteiger charge is -2.36. The zero-order chi connectivity index (χ0) is 22.8. The smallest absolute Gasteiger partial charge is 0.273 e. The molecule has 1 unspecified atom stereocenters. The van der Waals surface area contributed by atoms with Crippen LogP contribution in [0, 0.1) is 5.82 Å². The van der Waals surface area contributed by atoms with E-state index in [0.29, 0.717) is 54.2 Å². The lowest BCUT2D eigenvalue weighted by molar-refractivity contribution is 0.0547. The normalized spacial score (nSPS) is 15.5. The Hall–Kier alpha value is -3.43. The van der Waals surface area contributed by atoms with Gasteiger partial charge in [0.15, 0.2) is 0 Å². The van der Waals surface area contributed by atoms with Crippen molar-refractivity contribution in [3.05, 3.63) is 77.4 Å². The van der Waals surface area contributed by atoms with Gasteiger partial charge in [-0.3, -0.25) is 9.69 Å². The van der Waals surface area contributed by atoms with Crippen molar-refractivity contribution < 1.29 is 13.7 Å². The molecule has 1 aliphatic heterocycles. The van der Waals surface area contributed by atoms with Gasteiger partial charge in [-0.15, -0.1) is 11.3 Å². The number of carbonyl (C=O) groups excluding carboxylic acids is 1. The predicted molar refractivity (Wildman–Crippen MR) is 123 cm³/mol. The van der Waals surface area contributed by atoms with Gasteiger partial charge in [0.25, 0.3) is 5.91 Å². The number of nitrogens with zero attached hydrogens (tertiary/aromatic N) is 5. The second-order valence-corrected chi connectivity index (χ2v) is 8.70. The summed E-state index contributed by atoms with van der Waals surface area (Å²) in [4.78, 5) is 25.9. The van der Waals surface area contributed by atoms with Gasteiger partial charge in [0.05, 0.1) is 6.04 Å². The van der Waals surface area contributed by atoms with E-state index in [0.717, 1.165) is 5.56 Å². The summed E-state index contributed by atoms with van der Waals surface area (Å²) in [5.74, 6) is 0.651. The van der Waals surface area contributed by atoms with Crippen LogP contribution < -0.4 is 0 Å². The zero-order valence-corrected chi connectivity index (χ0v) is 18.8. The summed E-state index contributed by atoms with van der Waals surface area (Å²) in [5, 5.41) is 6.31. The van der Waals surface area contributed by atoms with Crippen LogP contribution in [0.3, 0.4) is 0 Å². The SMILES string of the molecule is CC(c1nc(-c2ccccc2)no1)N1CCN(C(=O)c2csc(-c3ccccc3F)n2)CC1. The Bertz CT molecular complexity index is 1250. The van der Waals surface area contributed by atoms with Crippen molar-refractivity contribution in [3.8, 4) is 22.0 Å². The predicted octanol–water partition coefficient (Wildman–Crippen LogP) is 4.52. The van der Waals surface area contributed by atoms with Crippen molar-refractivity contribution in [3.63, 3.8) is 0 Å². The first-order chi connectivity index (χ1) is 16.1. The summed E-state index contributed by atoms with van der Waals surface area (Å²) in [5.41, 5.74) is 1.67. The quantitative estimate of drug-likeness (QED) is 0.433. The van der Waals surface area contributed by atoms with Gasteiger partial charge in [-0.2, -0.15) is 4.98 Å². The molecule has 3 heterocycles. The fourth-order valence-electron chi connectivity index (χ4n) is 3.87. The average molecular weight is 464 g/mol. The molecule has 2 aromatic carbocycles. The molecule has 0 N–H and O–H groups in total. The number of halogens is 1. The van der Waals surface area contributed by atoms with Crippen molar-refractivity contribution in [1.29, 1.82) is 0 Å². The summed E-state index contributed by atoms with van der Waals surface area (Å²) >= 11 is 1.28. The molecule has 0 saturated carbocycles. The zero-order valence-electron chi connectivity index (χ0n) is 18.0. The number of hydrogen-bond acceptors (Lipinski definition) is 7. The van der Waals surface area contributed by atoms with Crippen molar-refractivity contribution in [2.24, 2.45) is 0 Å². The second-order valence-electron chi connectivity index (χ2n) is 7.84. The van der Waals surface area contributed by atoms with Gasteiger partial charge in [0.2, 0.25) is 11.7 Å². The topological polar surface area (TPSA) is 75.4 Å². The van der Waals surface area contributed by atoms with Crippen LogP contribution in [0.1, 0.15) is 29.3 Å². The Morgan fingerprint density at radius 2 is 1.76 bits per heavy atom. The van der Waals surface area contributed by atoms with Crippen LogP contribution in [0.15, 0.2) is 64.5 Å². The van der Waals surface area contributed by atoms with Gasteiger partial charge >= 0.3 is 0 Å². The van der Waals surface area contributed by atoms with E-state index < -0.39 is 0 Å². The number of rotatable bonds is 5. The number of benzene rings is 2. The van der Waals surface area contributed by atoms with E-state index in [1.165, 1.54) is 17.4 Å². The standard InChI is InChI=1S/C24H22FN5O2S/c1-16(22-27-21(28-32-22)17-7-3-2-4-8-17)29-11-13-30(14-12-29)24(31)20-15-33-23(26-20)18-9-5-6-10-19(18)25/h2-10,15-16H,11-14H2,1H3. The molecule has 0 radical (unpaired) electrons. The molecule has 0 aliphatic carbocycles. The van der Waals surface area contributed by atoms with Gasteiger partial charge < -0.3 is 9.42 Å². The van der Waals surface area contributed by atoms with Crippen LogP contribution in [-0.4, -0.2) is 57.0 Å². The molecule has 1 amide bonds. The summed E-state index contributed by atoms with van der Waals surface area (Å²) in [7, 11) is 0. The van der Waals surface area contributed by atoms with Gasteiger partial charge in [-0.25, -0.2) is 9.37 Å². The van der Waals surface area contributed by atoms with Crippen LogP contribution in [0.5, 0.6) is 0 Å². The van der Waals surface area contributed by atoms with Crippen LogP contribution in [0.2, 0.25) is 0 Å². The fourth-order valence-corrected chi connectivity index (χ4v) is 4.69. The van der Waals surface area contributed by atoms with Crippen molar-refractivity contribution in [2.45, 2.75) is 13.0 Å². The summed E-state index contributed by atoms with van der Waals surface area (Å²) in [6, 6.07) is 16.1. The molecule has 168 valence electrons. The molecule has 9 heteroatoms. The Balaban J connectivity index is 1.21. The number of thiazole rings is 1. The molecule has 5 rings (SSSR count). The Kier molecular flexibility index (Phi) is 5.97. The Labute approximate surface area is 194 Å². The first kappa shape index (κ1) is 21.4. The van der Waals surface area contributed by atoms with Crippen LogP contribution >= 0.6 is 11.3 Å². The highest BCUT2D eigenvalue weighted by molar-refractivity contribution is 7.13. The largest absolute Gasteiger partial charge is 0.337 e. The number of piperazine rings is 1. The third-order valence-corrected chi connectivity index (χ3v) is 6.68. The number of amides is 1. The molecule has 1 aliphatic rings. The minimum Gasteiger partial charge on any atom is -0.337 e. The molecule has 33 heavy (non-hydrogen) atoms. The first-order valence-electron chi connectivity index (χ1n) is 10.7. The summed E-state index contributed by atoms with van der Waals surface area (Å²) < 4.78 is 19.6. The van der Waals surface area contributed by atoms with E-state index in [-0.39, 0.29) is 17.8 Å². The van der Waals surface area contributed by atoms with E-state index in [1.807, 2.05) is 37.3 Å². The minimum absolute atomic E-state index is 0.0563. The van der Waals surface area contributed by atoms with Crippen molar-refractivity contribution in [2.75, 3.05) is 26.2 Å². The average Bonchev–Trinajstić information content (AvgIpc) is 3.55. The molecule has 0 spiro atoms. The van der Waals surface area contributed by atoms with E-state index in [4.69, 9.17) is 4.52 Å². The molecule has 1 fully saturated rings. The first-order valence-corrected chi connectivity index (χ1v) is 11.6. The molecule has 4 aromatic rings. The lowest BCUT2D eigenvalue weighted by Crippen LogP contribution is -2.49. The van der Waals surface area contributed by atoms with E-state index in [9.17, 15) is 9.18 Å². The van der Waals surface area contributed by atoms with Crippen molar-refractivity contribution in [1.82, 2.24) is 24.9 Å². The molecular weight excluding hydrogens is 441 g/mol. The minimum atomic E-state index is -0.343.